The second kappa shape index (κ2) is 7.70. The van der Waals surface area contributed by atoms with Crippen LogP contribution in [0.15, 0.2) is 0 Å². The molecule has 0 unspecified atom stereocenters. The number of ether oxygens (including phenoxy) is 1. The minimum Gasteiger partial charge on any atom is -0.390 e. The van der Waals surface area contributed by atoms with Crippen molar-refractivity contribution in [3.05, 3.63) is 0 Å². The summed E-state index contributed by atoms with van der Waals surface area (Å²) in [6, 6.07) is 0. The number of hydrogen-bond acceptors (Lipinski definition) is 3. The van der Waals surface area contributed by atoms with Gasteiger partial charge in [0.05, 0.1) is 17.8 Å². The molecule has 0 aromatic rings. The Balaban J connectivity index is 1.36. The van der Waals surface area contributed by atoms with Crippen LogP contribution in [0.5, 0.6) is 0 Å². The van der Waals surface area contributed by atoms with Crippen LogP contribution < -0.4 is 0 Å². The molecule has 5 aliphatic rings. The Morgan fingerprint density at radius 3 is 2.15 bits per heavy atom. The summed E-state index contributed by atoms with van der Waals surface area (Å²) in [6.45, 7) is 16.3. The van der Waals surface area contributed by atoms with E-state index in [-0.39, 0.29) is 0 Å². The second-order valence-electron chi connectivity index (χ2n) is 15.5. The third kappa shape index (κ3) is 3.11. The van der Waals surface area contributed by atoms with Crippen molar-refractivity contribution in [2.24, 2.45) is 50.7 Å². The molecule has 3 heteroatoms. The Labute approximate surface area is 209 Å². The topological polar surface area (TPSA) is 49.7 Å². The maximum Gasteiger partial charge on any atom is 0.0849 e. The minimum absolute atomic E-state index is 0.303. The van der Waals surface area contributed by atoms with Gasteiger partial charge >= 0.3 is 0 Å². The van der Waals surface area contributed by atoms with E-state index >= 15 is 0 Å². The largest absolute Gasteiger partial charge is 0.390 e. The summed E-state index contributed by atoms with van der Waals surface area (Å²) < 4.78 is 6.03. The van der Waals surface area contributed by atoms with Gasteiger partial charge in [0.15, 0.2) is 0 Å². The Morgan fingerprint density at radius 1 is 0.853 bits per heavy atom. The third-order valence-electron chi connectivity index (χ3n) is 13.8. The van der Waals surface area contributed by atoms with Gasteiger partial charge in [0.2, 0.25) is 0 Å². The number of aliphatic hydroxyl groups is 2. The van der Waals surface area contributed by atoms with Crippen LogP contribution in [0.4, 0.5) is 0 Å². The summed E-state index contributed by atoms with van der Waals surface area (Å²) >= 11 is 0. The van der Waals surface area contributed by atoms with Crippen LogP contribution in [-0.4, -0.2) is 35.1 Å². The molecule has 2 N–H and O–H groups in total. The first-order chi connectivity index (χ1) is 15.7. The van der Waals surface area contributed by atoms with Crippen LogP contribution in [0.25, 0.3) is 0 Å². The zero-order valence-corrected chi connectivity index (χ0v) is 23.5. The fourth-order valence-electron chi connectivity index (χ4n) is 11.7. The van der Waals surface area contributed by atoms with Crippen molar-refractivity contribution in [2.45, 2.75) is 137 Å². The lowest BCUT2D eigenvalue weighted by Gasteiger charge is -2.63. The molecule has 0 bridgehead atoms. The van der Waals surface area contributed by atoms with E-state index < -0.39 is 11.7 Å². The van der Waals surface area contributed by atoms with E-state index in [1.165, 1.54) is 57.8 Å². The summed E-state index contributed by atoms with van der Waals surface area (Å²) in [5.74, 6) is 3.09. The molecule has 0 aromatic heterocycles. The Bertz CT molecular complexity index is 799. The molecule has 10 atom stereocenters. The second-order valence-corrected chi connectivity index (χ2v) is 15.5. The predicted octanol–water partition coefficient (Wildman–Crippen LogP) is 6.99. The van der Waals surface area contributed by atoms with E-state index in [1.807, 2.05) is 7.11 Å². The fraction of sp³-hybridized carbons (Fsp3) is 1.00. The van der Waals surface area contributed by atoms with Crippen LogP contribution in [0.3, 0.4) is 0 Å². The molecule has 5 rings (SSSR count). The van der Waals surface area contributed by atoms with Crippen LogP contribution in [0.1, 0.15) is 119 Å². The van der Waals surface area contributed by atoms with Crippen molar-refractivity contribution in [3.63, 3.8) is 0 Å². The molecule has 0 aromatic carbocycles. The first-order valence-electron chi connectivity index (χ1n) is 14.6. The van der Waals surface area contributed by atoms with Gasteiger partial charge in [0, 0.05) is 7.11 Å². The zero-order chi connectivity index (χ0) is 24.9. The molecule has 0 saturated heterocycles. The minimum atomic E-state index is -1.00. The maximum absolute atomic E-state index is 10.4. The number of aliphatic hydroxyl groups excluding tert-OH is 1. The average molecular weight is 475 g/mol. The standard InChI is InChI=1S/C31H54O3/c1-20(9-12-24(32)27(4,5)33)21-13-15-29(7)23-11-10-22-26(2,3)25(34-8)14-16-30(22)19-31(23,30)18-17-28(21,29)6/h20-25,32-33H,9-19H2,1-8H3/t20-,21-,22+,23+,24-,25-,28-,29+,30-,31+/m1/s1. The highest BCUT2D eigenvalue weighted by molar-refractivity contribution is 5.30. The van der Waals surface area contributed by atoms with Gasteiger partial charge in [-0.1, -0.05) is 34.6 Å². The lowest BCUT2D eigenvalue weighted by atomic mass is 9.41. The van der Waals surface area contributed by atoms with Gasteiger partial charge in [0.1, 0.15) is 0 Å². The van der Waals surface area contributed by atoms with Crippen molar-refractivity contribution in [1.29, 1.82) is 0 Å². The number of rotatable bonds is 6. The first kappa shape index (κ1) is 25.5. The first-order valence-corrected chi connectivity index (χ1v) is 14.6. The van der Waals surface area contributed by atoms with E-state index in [4.69, 9.17) is 4.74 Å². The average Bonchev–Trinajstić information content (AvgIpc) is 3.33. The number of hydrogen-bond donors (Lipinski definition) is 2. The van der Waals surface area contributed by atoms with Gasteiger partial charge in [0.25, 0.3) is 0 Å². The van der Waals surface area contributed by atoms with Gasteiger partial charge < -0.3 is 14.9 Å². The highest BCUT2D eigenvalue weighted by Gasteiger charge is 2.82. The number of methoxy groups -OCH3 is 1. The van der Waals surface area contributed by atoms with E-state index in [1.54, 1.807) is 13.8 Å². The summed E-state index contributed by atoms with van der Waals surface area (Å²) in [6.07, 6.45) is 14.1. The lowest BCUT2D eigenvalue weighted by molar-refractivity contribution is -0.166. The Kier molecular flexibility index (Phi) is 5.78. The van der Waals surface area contributed by atoms with Crippen LogP contribution in [0.2, 0.25) is 0 Å². The molecule has 0 radical (unpaired) electrons. The van der Waals surface area contributed by atoms with E-state index in [0.717, 1.165) is 24.2 Å². The van der Waals surface area contributed by atoms with E-state index in [9.17, 15) is 10.2 Å². The molecule has 2 spiro atoms. The van der Waals surface area contributed by atoms with Crippen molar-refractivity contribution < 1.29 is 14.9 Å². The Hall–Kier alpha value is -0.120. The third-order valence-corrected chi connectivity index (χ3v) is 13.8. The summed E-state index contributed by atoms with van der Waals surface area (Å²) in [4.78, 5) is 0. The molecular formula is C31H54O3. The van der Waals surface area contributed by atoms with E-state index in [0.29, 0.717) is 45.5 Å². The maximum atomic E-state index is 10.4. The molecule has 0 aliphatic heterocycles. The van der Waals surface area contributed by atoms with Gasteiger partial charge in [-0.3, -0.25) is 0 Å². The molecule has 0 heterocycles. The highest BCUT2D eigenvalue weighted by atomic mass is 16.5. The molecule has 5 aliphatic carbocycles. The molecule has 5 fully saturated rings. The van der Waals surface area contributed by atoms with Crippen LogP contribution in [0, 0.1) is 50.7 Å². The van der Waals surface area contributed by atoms with Crippen LogP contribution in [-0.2, 0) is 4.74 Å². The van der Waals surface area contributed by atoms with Crippen molar-refractivity contribution in [3.8, 4) is 0 Å². The van der Waals surface area contributed by atoms with Crippen LogP contribution >= 0.6 is 0 Å². The zero-order valence-electron chi connectivity index (χ0n) is 23.5. The molecule has 34 heavy (non-hydrogen) atoms. The quantitative estimate of drug-likeness (QED) is 0.436. The van der Waals surface area contributed by atoms with Gasteiger partial charge in [-0.25, -0.2) is 0 Å². The highest BCUT2D eigenvalue weighted by Crippen LogP contribution is 2.89. The van der Waals surface area contributed by atoms with Gasteiger partial charge in [-0.15, -0.1) is 0 Å². The lowest BCUT2D eigenvalue weighted by Crippen LogP contribution is -2.57. The number of fused-ring (bicyclic) bond motifs is 2. The summed E-state index contributed by atoms with van der Waals surface area (Å²) in [7, 11) is 1.94. The molecule has 5 saturated carbocycles. The predicted molar refractivity (Wildman–Crippen MR) is 138 cm³/mol. The molecular weight excluding hydrogens is 420 g/mol. The summed E-state index contributed by atoms with van der Waals surface area (Å²) in [5, 5.41) is 20.7. The van der Waals surface area contributed by atoms with Crippen molar-refractivity contribution in [2.75, 3.05) is 7.11 Å². The smallest absolute Gasteiger partial charge is 0.0849 e. The van der Waals surface area contributed by atoms with Crippen molar-refractivity contribution in [1.82, 2.24) is 0 Å². The molecule has 3 nitrogen and oxygen atoms in total. The molecule has 0 amide bonds. The monoisotopic (exact) mass is 474 g/mol. The van der Waals surface area contributed by atoms with Crippen molar-refractivity contribution >= 4 is 0 Å². The van der Waals surface area contributed by atoms with Gasteiger partial charge in [-0.05, 0) is 135 Å². The normalized spacial score (nSPS) is 51.0. The SMILES string of the molecule is CO[C@@H]1CC[C@]23C[C@]24CC[C@]2(C)[C@@H]([C@H](C)CC[C@@H](O)C(C)(C)O)CC[C@@]2(C)[C@@H]4CC[C@H]3C1(C)C. The van der Waals surface area contributed by atoms with E-state index in [2.05, 4.69) is 34.6 Å². The fourth-order valence-corrected chi connectivity index (χ4v) is 11.7. The molecule has 196 valence electrons. The Morgan fingerprint density at radius 2 is 1.50 bits per heavy atom. The summed E-state index contributed by atoms with van der Waals surface area (Å²) in [5.41, 5.74) is 1.37. The van der Waals surface area contributed by atoms with Gasteiger partial charge in [-0.2, -0.15) is 0 Å².